The molecule has 1 aliphatic carbocycles. The third-order valence-corrected chi connectivity index (χ3v) is 6.92. The minimum atomic E-state index is -0.232. The van der Waals surface area contributed by atoms with E-state index < -0.39 is 0 Å². The van der Waals surface area contributed by atoms with E-state index in [4.69, 9.17) is 9.47 Å². The van der Waals surface area contributed by atoms with E-state index in [1.54, 1.807) is 14.2 Å². The highest BCUT2D eigenvalue weighted by Gasteiger charge is 2.36. The number of anilines is 2. The number of benzene rings is 3. The summed E-state index contributed by atoms with van der Waals surface area (Å²) < 4.78 is 12.1. The third kappa shape index (κ3) is 4.11. The first-order valence-corrected chi connectivity index (χ1v) is 11.7. The summed E-state index contributed by atoms with van der Waals surface area (Å²) in [5, 5.41) is 7.20. The van der Waals surface area contributed by atoms with Gasteiger partial charge in [-0.05, 0) is 54.4 Å². The fourth-order valence-electron chi connectivity index (χ4n) is 4.78. The Labute approximate surface area is 201 Å². The summed E-state index contributed by atoms with van der Waals surface area (Å²) in [5.41, 5.74) is 5.73. The zero-order valence-corrected chi connectivity index (χ0v) is 20.1. The van der Waals surface area contributed by atoms with Crippen molar-refractivity contribution in [3.63, 3.8) is 0 Å². The molecule has 5 nitrogen and oxygen atoms in total. The largest absolute Gasteiger partial charge is 0.497 e. The molecule has 0 fully saturated rings. The maximum absolute atomic E-state index is 13.7. The molecule has 5 rings (SSSR count). The number of hydrogen-bond acceptors (Lipinski definition) is 5. The molecule has 6 heteroatoms. The molecule has 1 aliphatic heterocycles. The summed E-state index contributed by atoms with van der Waals surface area (Å²) in [4.78, 5) is 13.7. The van der Waals surface area contributed by atoms with Crippen molar-refractivity contribution in [2.45, 2.75) is 24.8 Å². The molecule has 0 amide bonds. The van der Waals surface area contributed by atoms with Crippen molar-refractivity contribution in [3.8, 4) is 11.5 Å². The van der Waals surface area contributed by atoms with Crippen LogP contribution in [0.4, 0.5) is 11.4 Å². The van der Waals surface area contributed by atoms with Gasteiger partial charge in [0, 0.05) is 33.6 Å². The fourth-order valence-corrected chi connectivity index (χ4v) is 5.04. The maximum atomic E-state index is 13.7. The van der Waals surface area contributed by atoms with Crippen LogP contribution >= 0.6 is 15.9 Å². The first-order valence-electron chi connectivity index (χ1n) is 10.9. The molecule has 2 aliphatic rings. The lowest BCUT2D eigenvalue weighted by Gasteiger charge is -2.30. The second-order valence-electron chi connectivity index (χ2n) is 8.33. The van der Waals surface area contributed by atoms with E-state index in [1.807, 2.05) is 54.6 Å². The number of rotatable bonds is 4. The Balaban J connectivity index is 1.61. The highest BCUT2D eigenvalue weighted by atomic mass is 79.9. The first kappa shape index (κ1) is 21.6. The molecule has 0 saturated heterocycles. The van der Waals surface area contributed by atoms with E-state index in [0.29, 0.717) is 12.8 Å². The van der Waals surface area contributed by atoms with E-state index in [9.17, 15) is 4.79 Å². The molecule has 0 bridgehead atoms. The van der Waals surface area contributed by atoms with Crippen LogP contribution in [0.5, 0.6) is 11.5 Å². The van der Waals surface area contributed by atoms with Crippen molar-refractivity contribution in [2.75, 3.05) is 24.9 Å². The van der Waals surface area contributed by atoms with Gasteiger partial charge in [-0.1, -0.05) is 40.2 Å². The van der Waals surface area contributed by atoms with Gasteiger partial charge in [0.25, 0.3) is 0 Å². The molecule has 0 saturated carbocycles. The number of Topliss-reactive ketones (excluding diaryl/α,β-unsaturated/α-hetero) is 1. The fraction of sp³-hybridized carbons (Fsp3) is 0.222. The first-order chi connectivity index (χ1) is 16.1. The Morgan fingerprint density at radius 2 is 1.67 bits per heavy atom. The standard InChI is InChI=1S/C27H25BrN2O3/c1-32-19-11-12-25(33-2)20(15-19)17-13-23-26(24(31)14-17)27(16-7-9-18(28)10-8-16)30-22-6-4-3-5-21(22)29-23/h3-12,15,17,27,29-30H,13-14H2,1-2H3. The lowest BCUT2D eigenvalue weighted by Crippen LogP contribution is -2.27. The Bertz CT molecular complexity index is 1240. The van der Waals surface area contributed by atoms with Gasteiger partial charge >= 0.3 is 0 Å². The Morgan fingerprint density at radius 1 is 0.909 bits per heavy atom. The predicted molar refractivity (Wildman–Crippen MR) is 134 cm³/mol. The van der Waals surface area contributed by atoms with Crippen LogP contribution < -0.4 is 20.1 Å². The molecule has 0 aromatic heterocycles. The number of allylic oxidation sites excluding steroid dienone is 1. The van der Waals surface area contributed by atoms with Gasteiger partial charge in [0.1, 0.15) is 11.5 Å². The normalized spacial score (nSPS) is 19.5. The molecule has 1 heterocycles. The minimum absolute atomic E-state index is 0.00960. The van der Waals surface area contributed by atoms with E-state index in [-0.39, 0.29) is 17.7 Å². The van der Waals surface area contributed by atoms with Crippen LogP contribution in [-0.2, 0) is 4.79 Å². The van der Waals surface area contributed by atoms with Gasteiger partial charge < -0.3 is 20.1 Å². The predicted octanol–water partition coefficient (Wildman–Crippen LogP) is 6.45. The number of para-hydroxylation sites is 2. The van der Waals surface area contributed by atoms with Gasteiger partial charge in [0.15, 0.2) is 5.78 Å². The summed E-state index contributed by atoms with van der Waals surface area (Å²) in [5.74, 6) is 1.65. The Hall–Kier alpha value is -3.25. The monoisotopic (exact) mass is 504 g/mol. The zero-order valence-electron chi connectivity index (χ0n) is 18.5. The zero-order chi connectivity index (χ0) is 22.9. The van der Waals surface area contributed by atoms with Crippen molar-refractivity contribution in [1.82, 2.24) is 0 Å². The molecule has 168 valence electrons. The number of hydrogen-bond donors (Lipinski definition) is 2. The van der Waals surface area contributed by atoms with Crippen LogP contribution in [0, 0.1) is 0 Å². The number of ketones is 1. The molecule has 0 spiro atoms. The lowest BCUT2D eigenvalue weighted by molar-refractivity contribution is -0.116. The van der Waals surface area contributed by atoms with Crippen LogP contribution in [-0.4, -0.2) is 20.0 Å². The molecule has 3 aromatic carbocycles. The smallest absolute Gasteiger partial charge is 0.163 e. The van der Waals surface area contributed by atoms with Crippen LogP contribution in [0.1, 0.15) is 35.9 Å². The maximum Gasteiger partial charge on any atom is 0.163 e. The SMILES string of the molecule is COc1ccc(OC)c(C2CC(=O)C3=C(C2)Nc2ccccc2NC3c2ccc(Br)cc2)c1. The lowest BCUT2D eigenvalue weighted by atomic mass is 9.78. The van der Waals surface area contributed by atoms with Crippen LogP contribution in [0.3, 0.4) is 0 Å². The number of fused-ring (bicyclic) bond motifs is 1. The van der Waals surface area contributed by atoms with E-state index in [1.165, 1.54) is 0 Å². The molecule has 2 unspecified atom stereocenters. The summed E-state index contributed by atoms with van der Waals surface area (Å²) in [6.07, 6.45) is 1.11. The topological polar surface area (TPSA) is 59.6 Å². The van der Waals surface area contributed by atoms with Crippen molar-refractivity contribution < 1.29 is 14.3 Å². The van der Waals surface area contributed by atoms with Gasteiger partial charge in [-0.2, -0.15) is 0 Å². The number of nitrogens with one attached hydrogen (secondary N) is 2. The van der Waals surface area contributed by atoms with Crippen molar-refractivity contribution >= 4 is 33.1 Å². The summed E-state index contributed by atoms with van der Waals surface area (Å²) in [6.45, 7) is 0. The molecule has 33 heavy (non-hydrogen) atoms. The van der Waals surface area contributed by atoms with E-state index in [2.05, 4.69) is 38.7 Å². The van der Waals surface area contributed by atoms with Gasteiger partial charge in [0.2, 0.25) is 0 Å². The molecule has 2 N–H and O–H groups in total. The van der Waals surface area contributed by atoms with Gasteiger partial charge in [-0.15, -0.1) is 0 Å². The number of carbonyl (C=O) groups is 1. The van der Waals surface area contributed by atoms with Crippen LogP contribution in [0.15, 0.2) is 82.5 Å². The minimum Gasteiger partial charge on any atom is -0.497 e. The van der Waals surface area contributed by atoms with Crippen molar-refractivity contribution in [2.24, 2.45) is 0 Å². The summed E-state index contributed by atoms with van der Waals surface area (Å²) >= 11 is 3.52. The Morgan fingerprint density at radius 3 is 2.39 bits per heavy atom. The Kier molecular flexibility index (Phi) is 5.85. The molecule has 2 atom stereocenters. The van der Waals surface area contributed by atoms with E-state index in [0.717, 1.165) is 49.7 Å². The highest BCUT2D eigenvalue weighted by Crippen LogP contribution is 2.46. The number of halogens is 1. The third-order valence-electron chi connectivity index (χ3n) is 6.39. The number of methoxy groups -OCH3 is 2. The van der Waals surface area contributed by atoms with Crippen molar-refractivity contribution in [3.05, 3.63) is 93.6 Å². The molecular weight excluding hydrogens is 480 g/mol. The number of ether oxygens (including phenoxy) is 2. The van der Waals surface area contributed by atoms with Gasteiger partial charge in [0.05, 0.1) is 31.6 Å². The molecule has 3 aromatic rings. The second-order valence-corrected chi connectivity index (χ2v) is 9.24. The summed E-state index contributed by atoms with van der Waals surface area (Å²) in [7, 11) is 3.31. The number of carbonyl (C=O) groups excluding carboxylic acids is 1. The average molecular weight is 505 g/mol. The van der Waals surface area contributed by atoms with E-state index >= 15 is 0 Å². The quantitative estimate of drug-likeness (QED) is 0.427. The van der Waals surface area contributed by atoms with Gasteiger partial charge in [-0.25, -0.2) is 0 Å². The van der Waals surface area contributed by atoms with Gasteiger partial charge in [-0.3, -0.25) is 4.79 Å². The molecule has 0 radical (unpaired) electrons. The average Bonchev–Trinajstić information content (AvgIpc) is 3.01. The molecular formula is C27H25BrN2O3. The van der Waals surface area contributed by atoms with Crippen LogP contribution in [0.25, 0.3) is 0 Å². The highest BCUT2D eigenvalue weighted by molar-refractivity contribution is 9.10. The second kappa shape index (κ2) is 8.94. The van der Waals surface area contributed by atoms with Crippen LogP contribution in [0.2, 0.25) is 0 Å². The summed E-state index contributed by atoms with van der Waals surface area (Å²) in [6, 6.07) is 21.8. The van der Waals surface area contributed by atoms with Crippen molar-refractivity contribution in [1.29, 1.82) is 0 Å².